The van der Waals surface area contributed by atoms with Crippen LogP contribution >= 0.6 is 0 Å². The largest absolute Gasteiger partial charge is 0.459 e. The number of nitrogens with zero attached hydrogens (tertiary/aromatic N) is 1. The summed E-state index contributed by atoms with van der Waals surface area (Å²) in [4.78, 5) is 49.6. The maximum Gasteiger partial charge on any atom is 0.439 e. The Balaban J connectivity index is 1.67. The number of likely N-dealkylation sites (tertiary alicyclic amines) is 1. The van der Waals surface area contributed by atoms with Crippen LogP contribution < -0.4 is 5.32 Å². The molecule has 2 aromatic rings. The van der Waals surface area contributed by atoms with Crippen LogP contribution in [0.3, 0.4) is 0 Å². The molecular weight excluding hydrogens is 448 g/mol. The normalized spacial score (nSPS) is 18.6. The van der Waals surface area contributed by atoms with E-state index >= 15 is 0 Å². The molecule has 1 saturated heterocycles. The van der Waals surface area contributed by atoms with Crippen LogP contribution in [-0.4, -0.2) is 47.1 Å². The number of carbonyl (C=O) groups excluding carboxylic acids is 3. The summed E-state index contributed by atoms with van der Waals surface area (Å²) >= 11 is 0. The van der Waals surface area contributed by atoms with E-state index in [1.807, 2.05) is 60.7 Å². The Kier molecular flexibility index (Phi) is 8.87. The second-order valence-corrected chi connectivity index (χ2v) is 9.82. The zero-order chi connectivity index (χ0) is 25.4. The number of ether oxygens (including phenoxy) is 1. The van der Waals surface area contributed by atoms with E-state index in [1.54, 1.807) is 27.7 Å². The van der Waals surface area contributed by atoms with E-state index in [9.17, 15) is 14.4 Å². The van der Waals surface area contributed by atoms with Crippen LogP contribution in [0.5, 0.6) is 0 Å². The molecule has 8 heteroatoms. The van der Waals surface area contributed by atoms with Gasteiger partial charge in [-0.1, -0.05) is 60.7 Å². The summed E-state index contributed by atoms with van der Waals surface area (Å²) in [6.07, 6.45) is 0.346. The molecule has 0 unspecified atom stereocenters. The summed E-state index contributed by atoms with van der Waals surface area (Å²) in [6, 6.07) is 17.7. The number of amides is 2. The molecule has 0 saturated carbocycles. The van der Waals surface area contributed by atoms with Crippen LogP contribution in [-0.2, 0) is 37.1 Å². The molecule has 0 spiro atoms. The number of esters is 1. The third-order valence-corrected chi connectivity index (χ3v) is 5.61. The zero-order valence-electron chi connectivity index (χ0n) is 20.7. The van der Waals surface area contributed by atoms with Gasteiger partial charge in [0.25, 0.3) is 0 Å². The van der Waals surface area contributed by atoms with Crippen molar-refractivity contribution in [2.75, 3.05) is 6.54 Å². The highest BCUT2D eigenvalue weighted by atomic mass is 17.2. The lowest BCUT2D eigenvalue weighted by molar-refractivity contribution is -0.300. The highest BCUT2D eigenvalue weighted by Crippen LogP contribution is 2.28. The molecule has 1 aliphatic rings. The number of nitrogens with one attached hydrogen (secondary N) is 1. The molecule has 2 aromatic carbocycles. The number of carbonyl (C=O) groups is 3. The van der Waals surface area contributed by atoms with Crippen LogP contribution in [0.1, 0.15) is 45.2 Å². The fraction of sp³-hybridized carbons (Fsp3) is 0.444. The second kappa shape index (κ2) is 11.8. The van der Waals surface area contributed by atoms with Gasteiger partial charge in [-0.2, -0.15) is 4.89 Å². The molecule has 1 fully saturated rings. The first kappa shape index (κ1) is 26.2. The lowest BCUT2D eigenvalue weighted by atomic mass is 9.97. The van der Waals surface area contributed by atoms with Crippen LogP contribution in [0.25, 0.3) is 0 Å². The van der Waals surface area contributed by atoms with E-state index in [0.717, 1.165) is 17.5 Å². The monoisotopic (exact) mass is 482 g/mol. The maximum absolute atomic E-state index is 13.3. The van der Waals surface area contributed by atoms with E-state index in [4.69, 9.17) is 14.5 Å². The summed E-state index contributed by atoms with van der Waals surface area (Å²) in [5.74, 6) is -0.752. The molecule has 8 nitrogen and oxygen atoms in total. The molecule has 0 aliphatic carbocycles. The second-order valence-electron chi connectivity index (χ2n) is 9.82. The summed E-state index contributed by atoms with van der Waals surface area (Å²) in [7, 11) is 0. The predicted molar refractivity (Wildman–Crippen MR) is 130 cm³/mol. The third-order valence-electron chi connectivity index (χ3n) is 5.61. The van der Waals surface area contributed by atoms with E-state index in [2.05, 4.69) is 5.32 Å². The van der Waals surface area contributed by atoms with Gasteiger partial charge in [0.15, 0.2) is 0 Å². The molecule has 2 amide bonds. The minimum Gasteiger partial charge on any atom is -0.459 e. The first-order valence-corrected chi connectivity index (χ1v) is 11.8. The molecule has 3 rings (SSSR count). The van der Waals surface area contributed by atoms with Crippen LogP contribution in [0.15, 0.2) is 60.7 Å². The van der Waals surface area contributed by atoms with Gasteiger partial charge in [0.2, 0.25) is 5.91 Å². The van der Waals surface area contributed by atoms with E-state index < -0.39 is 29.7 Å². The fourth-order valence-corrected chi connectivity index (χ4v) is 3.98. The van der Waals surface area contributed by atoms with Crippen molar-refractivity contribution in [3.63, 3.8) is 0 Å². The number of hydrogen-bond donors (Lipinski definition) is 1. The van der Waals surface area contributed by atoms with Crippen molar-refractivity contribution < 1.29 is 28.9 Å². The average Bonchev–Trinajstić information content (AvgIpc) is 3.25. The van der Waals surface area contributed by atoms with Crippen molar-refractivity contribution in [3.05, 3.63) is 71.8 Å². The third kappa shape index (κ3) is 8.10. The molecule has 1 aliphatic heterocycles. The van der Waals surface area contributed by atoms with Gasteiger partial charge in [0, 0.05) is 6.54 Å². The predicted octanol–water partition coefficient (Wildman–Crippen LogP) is 4.03. The average molecular weight is 483 g/mol. The number of hydrogen-bond acceptors (Lipinski definition) is 6. The van der Waals surface area contributed by atoms with Crippen molar-refractivity contribution in [2.24, 2.45) is 5.92 Å². The van der Waals surface area contributed by atoms with Crippen molar-refractivity contribution in [3.8, 4) is 0 Å². The molecule has 1 N–H and O–H groups in total. The Labute approximate surface area is 206 Å². The van der Waals surface area contributed by atoms with Gasteiger partial charge in [-0.15, -0.1) is 0 Å². The minimum absolute atomic E-state index is 0.0824. The molecular formula is C27H34N2O6. The quantitative estimate of drug-likeness (QED) is 0.347. The van der Waals surface area contributed by atoms with Gasteiger partial charge in [-0.05, 0) is 57.6 Å². The Morgan fingerprint density at radius 2 is 1.60 bits per heavy atom. The Hall–Kier alpha value is -3.39. The fourth-order valence-electron chi connectivity index (χ4n) is 3.98. The Morgan fingerprint density at radius 3 is 2.20 bits per heavy atom. The molecule has 0 bridgehead atoms. The van der Waals surface area contributed by atoms with Gasteiger partial charge in [-0.25, -0.2) is 9.59 Å². The van der Waals surface area contributed by atoms with E-state index in [-0.39, 0.29) is 18.4 Å². The molecule has 188 valence electrons. The van der Waals surface area contributed by atoms with Gasteiger partial charge in [0.05, 0.1) is 0 Å². The van der Waals surface area contributed by atoms with Gasteiger partial charge in [0.1, 0.15) is 24.3 Å². The first-order valence-electron chi connectivity index (χ1n) is 11.8. The molecule has 1 heterocycles. The molecule has 0 radical (unpaired) electrons. The maximum atomic E-state index is 13.3. The highest BCUT2D eigenvalue weighted by molar-refractivity contribution is 5.90. The summed E-state index contributed by atoms with van der Waals surface area (Å²) in [5, 5.41) is 2.48. The van der Waals surface area contributed by atoms with Crippen molar-refractivity contribution >= 4 is 18.0 Å². The molecule has 0 aromatic heterocycles. The number of benzene rings is 2. The lowest BCUT2D eigenvalue weighted by Crippen LogP contribution is -2.51. The van der Waals surface area contributed by atoms with Crippen LogP contribution in [0.4, 0.5) is 4.79 Å². The standard InChI is InChI=1S/C27H34N2O6/c1-19(28-26(32)34-35-27(2,3)4)24(30)29-17-22(15-20-11-7-5-8-12-20)16-23(29)25(31)33-18-21-13-9-6-10-14-21/h5-14,19,22-23H,15-18H2,1-4H3,(H,28,32)/t19-,22-,23-/m0/s1. The summed E-state index contributed by atoms with van der Waals surface area (Å²) in [6.45, 7) is 7.27. The minimum atomic E-state index is -0.911. The Morgan fingerprint density at radius 1 is 1.00 bits per heavy atom. The highest BCUT2D eigenvalue weighted by Gasteiger charge is 2.42. The van der Waals surface area contributed by atoms with Gasteiger partial charge < -0.3 is 15.0 Å². The first-order chi connectivity index (χ1) is 16.6. The van der Waals surface area contributed by atoms with E-state index in [1.165, 1.54) is 4.90 Å². The zero-order valence-corrected chi connectivity index (χ0v) is 20.7. The summed E-state index contributed by atoms with van der Waals surface area (Å²) in [5.41, 5.74) is 1.32. The Bertz CT molecular complexity index is 990. The molecule has 35 heavy (non-hydrogen) atoms. The van der Waals surface area contributed by atoms with Crippen molar-refractivity contribution in [1.29, 1.82) is 0 Å². The van der Waals surface area contributed by atoms with E-state index in [0.29, 0.717) is 13.0 Å². The smallest absolute Gasteiger partial charge is 0.439 e. The van der Waals surface area contributed by atoms with Gasteiger partial charge >= 0.3 is 12.1 Å². The van der Waals surface area contributed by atoms with Crippen LogP contribution in [0, 0.1) is 5.92 Å². The van der Waals surface area contributed by atoms with Crippen molar-refractivity contribution in [2.45, 2.75) is 64.8 Å². The van der Waals surface area contributed by atoms with Crippen LogP contribution in [0.2, 0.25) is 0 Å². The number of rotatable bonds is 8. The summed E-state index contributed by atoms with van der Waals surface area (Å²) < 4.78 is 5.56. The SMILES string of the molecule is C[C@H](NC(=O)OOC(C)(C)C)C(=O)N1C[C@@H](Cc2ccccc2)C[C@H]1C(=O)OCc1ccccc1. The van der Waals surface area contributed by atoms with Gasteiger partial charge in [-0.3, -0.25) is 9.68 Å². The lowest BCUT2D eigenvalue weighted by Gasteiger charge is -2.26. The topological polar surface area (TPSA) is 94.2 Å². The van der Waals surface area contributed by atoms with Crippen molar-refractivity contribution in [1.82, 2.24) is 10.2 Å². The molecule has 3 atom stereocenters.